The average Bonchev–Trinajstić information content (AvgIpc) is 3.40. The number of halogens is 1. The first-order chi connectivity index (χ1) is 19.6. The molecule has 1 unspecified atom stereocenters. The highest BCUT2D eigenvalue weighted by atomic mass is 35.5. The minimum absolute atomic E-state index is 0.260. The topological polar surface area (TPSA) is 82.8 Å². The van der Waals surface area contributed by atoms with Gasteiger partial charge in [-0.05, 0) is 73.1 Å². The van der Waals surface area contributed by atoms with Gasteiger partial charge in [0.25, 0.3) is 10.5 Å². The van der Waals surface area contributed by atoms with Crippen molar-refractivity contribution in [2.45, 2.75) is 44.6 Å². The average molecular weight is 631 g/mol. The lowest BCUT2D eigenvalue weighted by atomic mass is 9.87. The molecule has 0 fully saturated rings. The van der Waals surface area contributed by atoms with E-state index in [1.807, 2.05) is 25.1 Å². The Hall–Kier alpha value is -2.50. The largest absolute Gasteiger partial charge is 0.748 e. The van der Waals surface area contributed by atoms with E-state index in [1.54, 1.807) is 30.2 Å². The number of ether oxygens (including phenoxy) is 2. The molecule has 7 nitrogen and oxygen atoms in total. The number of fused-ring (bicyclic) bond motifs is 1. The minimum Gasteiger partial charge on any atom is -0.748 e. The van der Waals surface area contributed by atoms with Crippen LogP contribution in [-0.2, 0) is 16.7 Å². The van der Waals surface area contributed by atoms with Gasteiger partial charge in [0.15, 0.2) is 12.3 Å². The van der Waals surface area contributed by atoms with Crippen molar-refractivity contribution >= 4 is 66.8 Å². The molecule has 11 heteroatoms. The number of thioether (sulfide) groups is 1. The normalized spacial score (nSPS) is 20.5. The molecular weight excluding hydrogens is 600 g/mol. The molecule has 0 amide bonds. The molecule has 3 heterocycles. The molecule has 0 radical (unpaired) electrons. The highest BCUT2D eigenvalue weighted by Gasteiger charge is 2.30. The van der Waals surface area contributed by atoms with E-state index in [1.165, 1.54) is 16.2 Å². The smallest absolute Gasteiger partial charge is 0.266 e. The van der Waals surface area contributed by atoms with Gasteiger partial charge >= 0.3 is 0 Å². The second-order valence-electron chi connectivity index (χ2n) is 10.8. The molecule has 41 heavy (non-hydrogen) atoms. The number of benzene rings is 2. The molecule has 0 bridgehead atoms. The fourth-order valence-electron chi connectivity index (χ4n) is 5.80. The summed E-state index contributed by atoms with van der Waals surface area (Å²) in [5.74, 6) is 1.74. The van der Waals surface area contributed by atoms with Crippen LogP contribution in [0, 0.1) is 12.8 Å². The van der Waals surface area contributed by atoms with Crippen LogP contribution in [0.4, 0.5) is 5.69 Å². The fourth-order valence-corrected chi connectivity index (χ4v) is 8.95. The summed E-state index contributed by atoms with van der Waals surface area (Å²) in [7, 11) is -2.61. The Morgan fingerprint density at radius 1 is 1.24 bits per heavy atom. The van der Waals surface area contributed by atoms with Gasteiger partial charge in [-0.3, -0.25) is 0 Å². The van der Waals surface area contributed by atoms with Gasteiger partial charge in [0, 0.05) is 34.4 Å². The zero-order chi connectivity index (χ0) is 28.9. The molecule has 2 aromatic carbocycles. The fraction of sp³-hybridized carbons (Fsp3) is 0.367. The van der Waals surface area contributed by atoms with Crippen molar-refractivity contribution in [3.8, 4) is 11.5 Å². The summed E-state index contributed by atoms with van der Waals surface area (Å²) in [6.07, 6.45) is 8.99. The molecule has 1 atom stereocenters. The van der Waals surface area contributed by atoms with Crippen LogP contribution >= 0.6 is 34.7 Å². The highest BCUT2D eigenvalue weighted by Crippen LogP contribution is 2.49. The lowest BCUT2D eigenvalue weighted by Gasteiger charge is -2.24. The molecule has 3 aliphatic rings. The Morgan fingerprint density at radius 2 is 2.07 bits per heavy atom. The van der Waals surface area contributed by atoms with E-state index in [4.69, 9.17) is 21.1 Å². The van der Waals surface area contributed by atoms with Gasteiger partial charge in [0.05, 0.1) is 27.9 Å². The third-order valence-electron chi connectivity index (χ3n) is 7.51. The first kappa shape index (κ1) is 28.6. The monoisotopic (exact) mass is 630 g/mol. The molecular formula is C30H31ClN2O5S3. The Labute approximate surface area is 253 Å². The van der Waals surface area contributed by atoms with Crippen molar-refractivity contribution in [1.29, 1.82) is 0 Å². The van der Waals surface area contributed by atoms with Gasteiger partial charge in [-0.1, -0.05) is 47.7 Å². The quantitative estimate of drug-likeness (QED) is 0.213. The summed E-state index contributed by atoms with van der Waals surface area (Å²) in [6.45, 7) is 6.13. The predicted molar refractivity (Wildman–Crippen MR) is 165 cm³/mol. The third kappa shape index (κ3) is 6.03. The van der Waals surface area contributed by atoms with E-state index < -0.39 is 10.1 Å². The van der Waals surface area contributed by atoms with Crippen LogP contribution in [0.25, 0.3) is 16.3 Å². The van der Waals surface area contributed by atoms with Crippen molar-refractivity contribution in [2.75, 3.05) is 30.9 Å². The van der Waals surface area contributed by atoms with Crippen molar-refractivity contribution in [3.63, 3.8) is 0 Å². The Bertz CT molecular complexity index is 1740. The maximum Gasteiger partial charge on any atom is 0.266 e. The van der Waals surface area contributed by atoms with Gasteiger partial charge in [0.1, 0.15) is 17.1 Å². The molecule has 1 aromatic heterocycles. The number of nitrogens with zero attached hydrogens (tertiary/aromatic N) is 2. The lowest BCUT2D eigenvalue weighted by Crippen LogP contribution is -2.41. The van der Waals surface area contributed by atoms with Gasteiger partial charge in [-0.15, -0.1) is 0 Å². The van der Waals surface area contributed by atoms with Gasteiger partial charge < -0.3 is 18.9 Å². The number of rotatable bonds is 7. The molecule has 2 aliphatic heterocycles. The molecule has 0 N–H and O–H groups in total. The van der Waals surface area contributed by atoms with E-state index in [-0.39, 0.29) is 12.2 Å². The number of aromatic nitrogens is 1. The third-order valence-corrected chi connectivity index (χ3v) is 10.7. The first-order valence-corrected chi connectivity index (χ1v) is 17.2. The van der Waals surface area contributed by atoms with Crippen molar-refractivity contribution in [3.05, 3.63) is 68.2 Å². The van der Waals surface area contributed by atoms with E-state index in [2.05, 4.69) is 40.7 Å². The van der Waals surface area contributed by atoms with Crippen LogP contribution in [0.5, 0.6) is 11.5 Å². The second kappa shape index (κ2) is 11.3. The minimum atomic E-state index is -4.28. The van der Waals surface area contributed by atoms with Crippen LogP contribution in [0.15, 0.2) is 57.5 Å². The number of aryl methyl sites for hydroxylation is 1. The van der Waals surface area contributed by atoms with Crippen LogP contribution < -0.4 is 18.9 Å². The van der Waals surface area contributed by atoms with Crippen molar-refractivity contribution in [2.24, 2.45) is 5.92 Å². The summed E-state index contributed by atoms with van der Waals surface area (Å²) in [6, 6.07) is 8.00. The number of hydrogen-bond donors (Lipinski definition) is 0. The summed E-state index contributed by atoms with van der Waals surface area (Å²) in [5.41, 5.74) is 5.62. The number of thiazole rings is 1. The Balaban J connectivity index is 1.35. The molecule has 216 valence electrons. The zero-order valence-electron chi connectivity index (χ0n) is 23.1. The number of methoxy groups -OCH3 is 1. The Morgan fingerprint density at radius 3 is 2.85 bits per heavy atom. The van der Waals surface area contributed by atoms with E-state index in [9.17, 15) is 13.0 Å². The summed E-state index contributed by atoms with van der Waals surface area (Å²) in [5, 5.41) is 2.89. The molecule has 1 aliphatic carbocycles. The highest BCUT2D eigenvalue weighted by molar-refractivity contribution is 8.03. The van der Waals surface area contributed by atoms with Gasteiger partial charge in [-0.25, -0.2) is 8.42 Å². The van der Waals surface area contributed by atoms with E-state index >= 15 is 0 Å². The predicted octanol–water partition coefficient (Wildman–Crippen LogP) is 6.68. The van der Waals surface area contributed by atoms with Gasteiger partial charge in [-0.2, -0.15) is 4.57 Å². The summed E-state index contributed by atoms with van der Waals surface area (Å²) >= 11 is 9.74. The molecule has 0 saturated carbocycles. The van der Waals surface area contributed by atoms with Crippen LogP contribution in [0.2, 0.25) is 5.02 Å². The molecule has 6 rings (SSSR count). The van der Waals surface area contributed by atoms with Crippen LogP contribution in [0.3, 0.4) is 0 Å². The van der Waals surface area contributed by atoms with Crippen LogP contribution in [-0.4, -0.2) is 39.0 Å². The van der Waals surface area contributed by atoms with Gasteiger partial charge in [0.2, 0.25) is 0 Å². The van der Waals surface area contributed by atoms with Crippen molar-refractivity contribution in [1.82, 2.24) is 0 Å². The number of hydrogen-bond acceptors (Lipinski definition) is 8. The SMILES string of the molecule is COc1cc2c(cc1C)N(CCCS(=O)(=O)[O-])/C(=C/C1=CC(=C/c3sc4cc(Cl)cc5c4[n+]3CCO5)/CC(C)C1)S2. The van der Waals surface area contributed by atoms with Crippen molar-refractivity contribution < 1.29 is 27.0 Å². The molecule has 0 saturated heterocycles. The summed E-state index contributed by atoms with van der Waals surface area (Å²) in [4.78, 5) is 3.19. The molecule has 0 spiro atoms. The zero-order valence-corrected chi connectivity index (χ0v) is 26.3. The Kier molecular flexibility index (Phi) is 7.88. The standard InChI is InChI=1S/C30H31ClN2O5S3/c1-18-9-20(12-21(10-18)14-29-33-6-7-38-25-15-22(31)16-27(40-29)30(25)33)13-28-32(5-4-8-41(34,35)36)23-11-19(2)24(37-3)17-26(23)39-28/h11-18H,4-10H2,1-3H3. The maximum absolute atomic E-state index is 11.3. The molecule has 3 aromatic rings. The second-order valence-corrected chi connectivity index (χ2v) is 14.9. The van der Waals surface area contributed by atoms with Crippen LogP contribution in [0.1, 0.15) is 36.8 Å². The first-order valence-electron chi connectivity index (χ1n) is 13.6. The number of anilines is 1. The lowest BCUT2D eigenvalue weighted by molar-refractivity contribution is -0.673. The van der Waals surface area contributed by atoms with E-state index in [0.29, 0.717) is 24.1 Å². The van der Waals surface area contributed by atoms with E-state index in [0.717, 1.165) is 62.3 Å². The number of allylic oxidation sites excluding steroid dienone is 4. The maximum atomic E-state index is 11.3. The summed E-state index contributed by atoms with van der Waals surface area (Å²) < 4.78 is 48.8.